The van der Waals surface area contributed by atoms with E-state index in [1.54, 1.807) is 12.4 Å². The molecule has 0 radical (unpaired) electrons. The zero-order valence-corrected chi connectivity index (χ0v) is 10.1. The maximum absolute atomic E-state index is 6.05. The van der Waals surface area contributed by atoms with Crippen molar-refractivity contribution in [2.24, 2.45) is 5.10 Å². The molecule has 1 aromatic carbocycles. The quantitative estimate of drug-likeness (QED) is 0.665. The molecule has 0 fully saturated rings. The van der Waals surface area contributed by atoms with E-state index in [0.29, 0.717) is 5.17 Å². The molecule has 1 aromatic heterocycles. The van der Waals surface area contributed by atoms with E-state index in [4.69, 9.17) is 11.6 Å². The highest BCUT2D eigenvalue weighted by Gasteiger charge is 1.98. The van der Waals surface area contributed by atoms with Crippen molar-refractivity contribution in [3.63, 3.8) is 0 Å². The predicted octanol–water partition coefficient (Wildman–Crippen LogP) is 3.40. The minimum Gasteiger partial charge on any atom is -0.277 e. The number of aromatic nitrogens is 1. The largest absolute Gasteiger partial charge is 0.277 e. The molecule has 0 unspecified atom stereocenters. The van der Waals surface area contributed by atoms with Crippen molar-refractivity contribution in [3.05, 3.63) is 59.9 Å². The number of hydrogen-bond donors (Lipinski definition) is 1. The van der Waals surface area contributed by atoms with E-state index in [-0.39, 0.29) is 0 Å². The third-order valence-electron chi connectivity index (χ3n) is 2.25. The lowest BCUT2D eigenvalue weighted by Crippen LogP contribution is -1.97. The van der Waals surface area contributed by atoms with Gasteiger partial charge < -0.3 is 0 Å². The SMILES string of the molecule is Cc1ccc(N/N=C(\Cl)c2ccncc2)cc1. The summed E-state index contributed by atoms with van der Waals surface area (Å²) in [7, 11) is 0. The first kappa shape index (κ1) is 11.6. The van der Waals surface area contributed by atoms with Gasteiger partial charge in [0, 0.05) is 18.0 Å². The highest BCUT2D eigenvalue weighted by atomic mass is 35.5. The molecule has 0 saturated heterocycles. The summed E-state index contributed by atoms with van der Waals surface area (Å²) in [5.41, 5.74) is 5.85. The lowest BCUT2D eigenvalue weighted by molar-refractivity contribution is 1.30. The van der Waals surface area contributed by atoms with E-state index in [1.165, 1.54) is 5.56 Å². The molecule has 0 atom stereocenters. The van der Waals surface area contributed by atoms with Gasteiger partial charge in [-0.05, 0) is 31.2 Å². The van der Waals surface area contributed by atoms with Crippen LogP contribution in [0, 0.1) is 6.92 Å². The Morgan fingerprint density at radius 1 is 1.12 bits per heavy atom. The molecule has 1 heterocycles. The highest BCUT2D eigenvalue weighted by Crippen LogP contribution is 2.10. The number of aryl methyl sites for hydroxylation is 1. The lowest BCUT2D eigenvalue weighted by atomic mass is 10.2. The van der Waals surface area contributed by atoms with Crippen molar-refractivity contribution in [2.45, 2.75) is 6.92 Å². The van der Waals surface area contributed by atoms with Gasteiger partial charge in [-0.3, -0.25) is 10.4 Å². The summed E-state index contributed by atoms with van der Waals surface area (Å²) in [4.78, 5) is 3.92. The first-order valence-corrected chi connectivity index (χ1v) is 5.60. The standard InChI is InChI=1S/C13H12ClN3/c1-10-2-4-12(5-3-10)16-17-13(14)11-6-8-15-9-7-11/h2-9,16H,1H3/b17-13-. The minimum atomic E-state index is 0.410. The van der Waals surface area contributed by atoms with Gasteiger partial charge in [0.1, 0.15) is 0 Å². The molecule has 4 heteroatoms. The molecule has 17 heavy (non-hydrogen) atoms. The molecule has 0 saturated carbocycles. The fraction of sp³-hybridized carbons (Fsp3) is 0.0769. The van der Waals surface area contributed by atoms with Crippen LogP contribution in [0.15, 0.2) is 53.9 Å². The van der Waals surface area contributed by atoms with E-state index in [1.807, 2.05) is 43.3 Å². The van der Waals surface area contributed by atoms with Crippen molar-refractivity contribution in [3.8, 4) is 0 Å². The molecule has 0 bridgehead atoms. The van der Waals surface area contributed by atoms with Crippen LogP contribution in [-0.4, -0.2) is 10.2 Å². The summed E-state index contributed by atoms with van der Waals surface area (Å²) in [6.45, 7) is 2.04. The minimum absolute atomic E-state index is 0.410. The normalized spacial score (nSPS) is 11.3. The van der Waals surface area contributed by atoms with Gasteiger partial charge in [0.15, 0.2) is 5.17 Å². The molecule has 0 amide bonds. The number of nitrogens with zero attached hydrogens (tertiary/aromatic N) is 2. The van der Waals surface area contributed by atoms with Crippen LogP contribution in [0.5, 0.6) is 0 Å². The number of nitrogens with one attached hydrogen (secondary N) is 1. The lowest BCUT2D eigenvalue weighted by Gasteiger charge is -2.02. The number of pyridine rings is 1. The zero-order chi connectivity index (χ0) is 12.1. The van der Waals surface area contributed by atoms with E-state index in [9.17, 15) is 0 Å². The number of halogens is 1. The third kappa shape index (κ3) is 3.29. The number of hydrazone groups is 1. The zero-order valence-electron chi connectivity index (χ0n) is 9.39. The van der Waals surface area contributed by atoms with Crippen molar-refractivity contribution >= 4 is 22.5 Å². The molecular formula is C13H12ClN3. The second-order valence-corrected chi connectivity index (χ2v) is 3.97. The van der Waals surface area contributed by atoms with Gasteiger partial charge >= 0.3 is 0 Å². The molecule has 1 N–H and O–H groups in total. The molecule has 2 aromatic rings. The van der Waals surface area contributed by atoms with Crippen LogP contribution in [0.2, 0.25) is 0 Å². The summed E-state index contributed by atoms with van der Waals surface area (Å²) < 4.78 is 0. The second-order valence-electron chi connectivity index (χ2n) is 3.62. The average molecular weight is 246 g/mol. The molecule has 3 nitrogen and oxygen atoms in total. The van der Waals surface area contributed by atoms with Crippen LogP contribution in [0.1, 0.15) is 11.1 Å². The maximum Gasteiger partial charge on any atom is 0.156 e. The van der Waals surface area contributed by atoms with Crippen LogP contribution in [0.4, 0.5) is 5.69 Å². The fourth-order valence-corrected chi connectivity index (χ4v) is 1.46. The number of anilines is 1. The molecule has 0 aliphatic carbocycles. The summed E-state index contributed by atoms with van der Waals surface area (Å²) in [6, 6.07) is 11.5. The Morgan fingerprint density at radius 3 is 2.41 bits per heavy atom. The van der Waals surface area contributed by atoms with Crippen LogP contribution in [0.3, 0.4) is 0 Å². The molecule has 0 aliphatic heterocycles. The van der Waals surface area contributed by atoms with E-state index >= 15 is 0 Å². The number of benzene rings is 1. The van der Waals surface area contributed by atoms with Gasteiger partial charge in [-0.1, -0.05) is 29.3 Å². The van der Waals surface area contributed by atoms with E-state index in [0.717, 1.165) is 11.3 Å². The summed E-state index contributed by atoms with van der Waals surface area (Å²) in [5.74, 6) is 0. The Balaban J connectivity index is 2.08. The number of rotatable bonds is 3. The van der Waals surface area contributed by atoms with Crippen LogP contribution in [0.25, 0.3) is 0 Å². The fourth-order valence-electron chi connectivity index (χ4n) is 1.30. The Labute approximate surface area is 105 Å². The summed E-state index contributed by atoms with van der Waals surface area (Å²) in [6.07, 6.45) is 3.36. The Morgan fingerprint density at radius 2 is 1.76 bits per heavy atom. The average Bonchev–Trinajstić information content (AvgIpc) is 2.39. The van der Waals surface area contributed by atoms with Crippen LogP contribution >= 0.6 is 11.6 Å². The molecule has 86 valence electrons. The van der Waals surface area contributed by atoms with Gasteiger partial charge in [-0.2, -0.15) is 5.10 Å². The Kier molecular flexibility index (Phi) is 3.73. The summed E-state index contributed by atoms with van der Waals surface area (Å²) >= 11 is 6.05. The van der Waals surface area contributed by atoms with Crippen LogP contribution < -0.4 is 5.43 Å². The second kappa shape index (κ2) is 5.46. The number of hydrogen-bond acceptors (Lipinski definition) is 3. The molecular weight excluding hydrogens is 234 g/mol. The highest BCUT2D eigenvalue weighted by molar-refractivity contribution is 6.69. The topological polar surface area (TPSA) is 37.3 Å². The Hall–Kier alpha value is -1.87. The van der Waals surface area contributed by atoms with Gasteiger partial charge in [-0.25, -0.2) is 0 Å². The van der Waals surface area contributed by atoms with E-state index < -0.39 is 0 Å². The predicted molar refractivity (Wildman–Crippen MR) is 71.4 cm³/mol. The summed E-state index contributed by atoms with van der Waals surface area (Å²) in [5, 5.41) is 4.51. The van der Waals surface area contributed by atoms with Gasteiger partial charge in [0.05, 0.1) is 5.69 Å². The van der Waals surface area contributed by atoms with E-state index in [2.05, 4.69) is 15.5 Å². The van der Waals surface area contributed by atoms with Crippen molar-refractivity contribution in [2.75, 3.05) is 5.43 Å². The maximum atomic E-state index is 6.05. The van der Waals surface area contributed by atoms with Gasteiger partial charge in [0.2, 0.25) is 0 Å². The first-order chi connectivity index (χ1) is 8.25. The monoisotopic (exact) mass is 245 g/mol. The van der Waals surface area contributed by atoms with Gasteiger partial charge in [0.25, 0.3) is 0 Å². The third-order valence-corrected chi connectivity index (χ3v) is 2.56. The van der Waals surface area contributed by atoms with Gasteiger partial charge in [-0.15, -0.1) is 0 Å². The molecule has 0 spiro atoms. The van der Waals surface area contributed by atoms with Crippen LogP contribution in [-0.2, 0) is 0 Å². The smallest absolute Gasteiger partial charge is 0.156 e. The Bertz CT molecular complexity index is 506. The van der Waals surface area contributed by atoms with Crippen molar-refractivity contribution < 1.29 is 0 Å². The van der Waals surface area contributed by atoms with Crippen molar-refractivity contribution in [1.82, 2.24) is 4.98 Å². The first-order valence-electron chi connectivity index (χ1n) is 5.22. The molecule has 2 rings (SSSR count). The van der Waals surface area contributed by atoms with Crippen molar-refractivity contribution in [1.29, 1.82) is 0 Å². The molecule has 0 aliphatic rings.